The number of aromatic nitrogens is 2. The molecule has 6 heteroatoms. The maximum atomic E-state index is 13.8. The Balaban J connectivity index is 2.19. The lowest BCUT2D eigenvalue weighted by atomic mass is 10.1. The van der Waals surface area contributed by atoms with Crippen molar-refractivity contribution in [1.29, 1.82) is 0 Å². The van der Waals surface area contributed by atoms with Crippen LogP contribution in [0.5, 0.6) is 11.5 Å². The summed E-state index contributed by atoms with van der Waals surface area (Å²) in [6.45, 7) is 1.72. The molecular formula is C16H11ClFN2O2. The van der Waals surface area contributed by atoms with Gasteiger partial charge < -0.3 is 9.30 Å². The highest BCUT2D eigenvalue weighted by Gasteiger charge is 2.14. The smallest absolute Gasteiger partial charge is 0.261 e. The molecule has 4 nitrogen and oxygen atoms in total. The molecule has 22 heavy (non-hydrogen) atoms. The zero-order valence-corrected chi connectivity index (χ0v) is 12.6. The molecule has 1 heterocycles. The predicted molar refractivity (Wildman–Crippen MR) is 82.0 cm³/mol. The molecule has 0 saturated heterocycles. The maximum absolute atomic E-state index is 13.8. The van der Waals surface area contributed by atoms with Crippen molar-refractivity contribution in [2.45, 2.75) is 6.92 Å². The molecule has 0 saturated carbocycles. The first-order valence-electron chi connectivity index (χ1n) is 6.47. The number of hydrogen-bond acceptors (Lipinski definition) is 3. The zero-order chi connectivity index (χ0) is 15.9. The fourth-order valence-corrected chi connectivity index (χ4v) is 2.37. The first kappa shape index (κ1) is 14.5. The molecule has 0 aliphatic heterocycles. The molecule has 0 unspecified atom stereocenters. The van der Waals surface area contributed by atoms with E-state index in [1.165, 1.54) is 23.0 Å². The second-order valence-corrected chi connectivity index (χ2v) is 5.19. The summed E-state index contributed by atoms with van der Waals surface area (Å²) >= 11 is 5.91. The Kier molecular flexibility index (Phi) is 3.58. The highest BCUT2D eigenvalue weighted by atomic mass is 35.5. The zero-order valence-electron chi connectivity index (χ0n) is 11.9. The van der Waals surface area contributed by atoms with Gasteiger partial charge in [-0.25, -0.2) is 9.37 Å². The second-order valence-electron chi connectivity index (χ2n) is 4.81. The van der Waals surface area contributed by atoms with E-state index >= 15 is 0 Å². The molecule has 0 aliphatic carbocycles. The van der Waals surface area contributed by atoms with Gasteiger partial charge in [-0.05, 0) is 31.2 Å². The van der Waals surface area contributed by atoms with Crippen molar-refractivity contribution in [2.75, 3.05) is 0 Å². The van der Waals surface area contributed by atoms with Crippen LogP contribution in [-0.2, 0) is 7.05 Å². The summed E-state index contributed by atoms with van der Waals surface area (Å²) in [6, 6.07) is 8.52. The summed E-state index contributed by atoms with van der Waals surface area (Å²) in [5.41, 5.74) is 0.934. The fraction of sp³-hybridized carbons (Fsp3) is 0.125. The molecular weight excluding hydrogens is 307 g/mol. The number of ether oxygens (including phenoxy) is 1. The molecule has 0 atom stereocenters. The Morgan fingerprint density at radius 1 is 1.36 bits per heavy atom. The van der Waals surface area contributed by atoms with Gasteiger partial charge in [-0.3, -0.25) is 4.79 Å². The maximum Gasteiger partial charge on any atom is 0.261 e. The molecule has 0 amide bonds. The van der Waals surface area contributed by atoms with Crippen molar-refractivity contribution in [3.63, 3.8) is 0 Å². The average molecular weight is 318 g/mol. The number of benzene rings is 2. The van der Waals surface area contributed by atoms with Crippen LogP contribution in [0, 0.1) is 18.8 Å². The molecule has 0 N–H and O–H groups in total. The van der Waals surface area contributed by atoms with E-state index in [-0.39, 0.29) is 16.3 Å². The lowest BCUT2D eigenvalue weighted by molar-refractivity contribution is 0.440. The predicted octanol–water partition coefficient (Wildman–Crippen LogP) is 3.63. The van der Waals surface area contributed by atoms with Crippen molar-refractivity contribution in [2.24, 2.45) is 7.05 Å². The highest BCUT2D eigenvalue weighted by molar-refractivity contribution is 6.31. The summed E-state index contributed by atoms with van der Waals surface area (Å²) in [6.07, 6.45) is 1.45. The van der Waals surface area contributed by atoms with Gasteiger partial charge in [0.05, 0.1) is 22.3 Å². The summed E-state index contributed by atoms with van der Waals surface area (Å²) in [4.78, 5) is 16.4. The van der Waals surface area contributed by atoms with E-state index in [0.717, 1.165) is 0 Å². The number of aryl methyl sites for hydroxylation is 2. The molecule has 0 spiro atoms. The van der Waals surface area contributed by atoms with E-state index in [4.69, 9.17) is 16.3 Å². The lowest BCUT2D eigenvalue weighted by Gasteiger charge is -2.12. The highest BCUT2D eigenvalue weighted by Crippen LogP contribution is 2.34. The largest absolute Gasteiger partial charge is 0.452 e. The van der Waals surface area contributed by atoms with Gasteiger partial charge in [0, 0.05) is 18.7 Å². The van der Waals surface area contributed by atoms with E-state index in [9.17, 15) is 9.18 Å². The lowest BCUT2D eigenvalue weighted by Crippen LogP contribution is -2.18. The van der Waals surface area contributed by atoms with Gasteiger partial charge in [0.25, 0.3) is 5.56 Å². The molecule has 3 rings (SSSR count). The van der Waals surface area contributed by atoms with Crippen LogP contribution in [-0.4, -0.2) is 9.55 Å². The van der Waals surface area contributed by atoms with Crippen molar-refractivity contribution in [1.82, 2.24) is 9.55 Å². The third-order valence-electron chi connectivity index (χ3n) is 3.37. The van der Waals surface area contributed by atoms with Crippen LogP contribution < -0.4 is 10.3 Å². The topological polar surface area (TPSA) is 44.1 Å². The molecule has 0 bridgehead atoms. The van der Waals surface area contributed by atoms with Gasteiger partial charge >= 0.3 is 0 Å². The van der Waals surface area contributed by atoms with Crippen molar-refractivity contribution < 1.29 is 9.13 Å². The standard InChI is InChI=1S/C16H11ClFN2O2/c1-9-13(22-15-10(17)4-3-5-11(15)18)7-6-12-14(9)16(21)20(2)8-19-12/h3,5-8H,1-2H3. The van der Waals surface area contributed by atoms with Gasteiger partial charge in [-0.15, -0.1) is 0 Å². The first-order chi connectivity index (χ1) is 10.5. The minimum atomic E-state index is -0.595. The van der Waals surface area contributed by atoms with Crippen LogP contribution in [0.1, 0.15) is 5.56 Å². The quantitative estimate of drug-likeness (QED) is 0.725. The molecule has 0 aliphatic rings. The number of rotatable bonds is 2. The Bertz CT molecular complexity index is 917. The van der Waals surface area contributed by atoms with Crippen molar-refractivity contribution in [3.05, 3.63) is 63.4 Å². The average Bonchev–Trinajstić information content (AvgIpc) is 2.49. The molecule has 1 aromatic heterocycles. The number of halogens is 2. The van der Waals surface area contributed by atoms with Crippen LogP contribution in [0.15, 0.2) is 35.4 Å². The number of hydrogen-bond donors (Lipinski definition) is 0. The van der Waals surface area contributed by atoms with Crippen molar-refractivity contribution >= 4 is 22.5 Å². The van der Waals surface area contributed by atoms with Crippen LogP contribution in [0.4, 0.5) is 4.39 Å². The van der Waals surface area contributed by atoms with Crippen molar-refractivity contribution in [3.8, 4) is 11.5 Å². The second kappa shape index (κ2) is 5.42. The third kappa shape index (κ3) is 2.33. The fourth-order valence-electron chi connectivity index (χ4n) is 2.18. The van der Waals surface area contributed by atoms with E-state index in [1.54, 1.807) is 26.1 Å². The number of fused-ring (bicyclic) bond motifs is 1. The molecule has 0 fully saturated rings. The summed E-state index contributed by atoms with van der Waals surface area (Å²) in [5, 5.41) is 0.470. The van der Waals surface area contributed by atoms with E-state index in [1.807, 2.05) is 0 Å². The van der Waals surface area contributed by atoms with Crippen LogP contribution in [0.2, 0.25) is 5.02 Å². The summed E-state index contributed by atoms with van der Waals surface area (Å²) in [7, 11) is 1.62. The molecule has 2 aromatic carbocycles. The van der Waals surface area contributed by atoms with Gasteiger partial charge in [0.2, 0.25) is 0 Å². The minimum Gasteiger partial charge on any atom is -0.452 e. The van der Waals surface area contributed by atoms with E-state index < -0.39 is 5.82 Å². The third-order valence-corrected chi connectivity index (χ3v) is 3.65. The van der Waals surface area contributed by atoms with E-state index in [0.29, 0.717) is 22.2 Å². The monoisotopic (exact) mass is 317 g/mol. The van der Waals surface area contributed by atoms with Gasteiger partial charge in [-0.2, -0.15) is 0 Å². The van der Waals surface area contributed by atoms with Gasteiger partial charge in [-0.1, -0.05) is 11.6 Å². The minimum absolute atomic E-state index is 0.0404. The van der Waals surface area contributed by atoms with Crippen LogP contribution in [0.25, 0.3) is 10.9 Å². The summed E-state index contributed by atoms with van der Waals surface area (Å²) < 4.78 is 20.8. The first-order valence-corrected chi connectivity index (χ1v) is 6.85. The molecule has 1 radical (unpaired) electrons. The molecule has 3 aromatic rings. The van der Waals surface area contributed by atoms with Crippen LogP contribution >= 0.6 is 11.6 Å². The Hall–Kier alpha value is -2.40. The Labute approximate surface area is 130 Å². The van der Waals surface area contributed by atoms with Crippen LogP contribution in [0.3, 0.4) is 0 Å². The Morgan fingerprint density at radius 2 is 2.14 bits per heavy atom. The number of nitrogens with zero attached hydrogens (tertiary/aromatic N) is 2. The van der Waals surface area contributed by atoms with Gasteiger partial charge in [0.1, 0.15) is 5.75 Å². The van der Waals surface area contributed by atoms with E-state index in [2.05, 4.69) is 11.1 Å². The summed E-state index contributed by atoms with van der Waals surface area (Å²) in [5.74, 6) is -0.368. The molecule has 111 valence electrons. The normalized spacial score (nSPS) is 10.9. The SMILES string of the molecule is Cc1c(Oc2c(Cl)[c]ccc2F)ccc2ncn(C)c(=O)c12. The Morgan fingerprint density at radius 3 is 2.86 bits per heavy atom. The van der Waals surface area contributed by atoms with Gasteiger partial charge in [0.15, 0.2) is 11.6 Å².